The van der Waals surface area contributed by atoms with Gasteiger partial charge >= 0.3 is 6.09 Å². The molecule has 0 radical (unpaired) electrons. The van der Waals surface area contributed by atoms with E-state index in [-0.39, 0.29) is 12.1 Å². The van der Waals surface area contributed by atoms with E-state index in [2.05, 4.69) is 11.4 Å². The number of carbonyl (C=O) groups excluding carboxylic acids is 1. The summed E-state index contributed by atoms with van der Waals surface area (Å²) >= 11 is 0. The molecule has 1 aliphatic rings. The molecule has 1 amide bonds. The van der Waals surface area contributed by atoms with Gasteiger partial charge in [-0.25, -0.2) is 4.79 Å². The molecule has 1 saturated heterocycles. The molecule has 0 bridgehead atoms. The number of nitrogens with zero attached hydrogens (tertiary/aromatic N) is 1. The number of rotatable bonds is 3. The van der Waals surface area contributed by atoms with Gasteiger partial charge in [0.25, 0.3) is 0 Å². The summed E-state index contributed by atoms with van der Waals surface area (Å²) in [6.07, 6.45) is 0.547. The average Bonchev–Trinajstić information content (AvgIpc) is 2.46. The van der Waals surface area contributed by atoms with Crippen molar-refractivity contribution in [1.82, 2.24) is 10.2 Å². The maximum Gasteiger partial charge on any atom is 0.410 e. The zero-order valence-corrected chi connectivity index (χ0v) is 13.9. The Kier molecular flexibility index (Phi) is 5.29. The summed E-state index contributed by atoms with van der Waals surface area (Å²) in [5.41, 5.74) is 0.685. The molecule has 22 heavy (non-hydrogen) atoms. The van der Waals surface area contributed by atoms with Crippen LogP contribution in [0.5, 0.6) is 5.75 Å². The Bertz CT molecular complexity index is 511. The predicted octanol–water partition coefficient (Wildman–Crippen LogP) is 2.45. The second kappa shape index (κ2) is 7.01. The van der Waals surface area contributed by atoms with Gasteiger partial charge < -0.3 is 19.7 Å². The largest absolute Gasteiger partial charge is 0.497 e. The summed E-state index contributed by atoms with van der Waals surface area (Å²) in [5.74, 6) is 0.838. The topological polar surface area (TPSA) is 50.8 Å². The summed E-state index contributed by atoms with van der Waals surface area (Å²) in [6.45, 7) is 7.92. The summed E-state index contributed by atoms with van der Waals surface area (Å²) in [5, 5.41) is 3.35. The Morgan fingerprint density at radius 2 is 2.18 bits per heavy atom. The lowest BCUT2D eigenvalue weighted by molar-refractivity contribution is 0.0122. The first kappa shape index (κ1) is 16.6. The van der Waals surface area contributed by atoms with E-state index >= 15 is 0 Å². The second-order valence-electron chi connectivity index (χ2n) is 6.59. The average molecular weight is 306 g/mol. The number of hydrogen-bond donors (Lipinski definition) is 1. The summed E-state index contributed by atoms with van der Waals surface area (Å²) in [7, 11) is 1.66. The molecule has 1 unspecified atom stereocenters. The van der Waals surface area contributed by atoms with Crippen LogP contribution in [0.4, 0.5) is 4.79 Å². The highest BCUT2D eigenvalue weighted by Gasteiger charge is 2.30. The molecule has 1 fully saturated rings. The molecule has 1 atom stereocenters. The first-order chi connectivity index (χ1) is 10.4. The number of benzene rings is 1. The first-order valence-corrected chi connectivity index (χ1v) is 7.72. The van der Waals surface area contributed by atoms with Crippen molar-refractivity contribution < 1.29 is 14.3 Å². The number of piperazine rings is 1. The highest BCUT2D eigenvalue weighted by molar-refractivity contribution is 5.68. The van der Waals surface area contributed by atoms with E-state index in [1.807, 2.05) is 43.9 Å². The summed E-state index contributed by atoms with van der Waals surface area (Å²) in [6, 6.07) is 8.07. The van der Waals surface area contributed by atoms with Crippen molar-refractivity contribution in [2.75, 3.05) is 26.7 Å². The Morgan fingerprint density at radius 3 is 2.86 bits per heavy atom. The Balaban J connectivity index is 2.07. The van der Waals surface area contributed by atoms with Gasteiger partial charge in [0.05, 0.1) is 13.2 Å². The van der Waals surface area contributed by atoms with Gasteiger partial charge in [0.1, 0.15) is 11.4 Å². The van der Waals surface area contributed by atoms with Crippen LogP contribution in [0.3, 0.4) is 0 Å². The smallest absolute Gasteiger partial charge is 0.410 e. The number of nitrogens with one attached hydrogen (secondary N) is 1. The number of carbonyl (C=O) groups is 1. The highest BCUT2D eigenvalue weighted by atomic mass is 16.6. The second-order valence-corrected chi connectivity index (χ2v) is 6.59. The normalized spacial score (nSPS) is 18.9. The van der Waals surface area contributed by atoms with Crippen molar-refractivity contribution >= 4 is 6.09 Å². The van der Waals surface area contributed by atoms with Crippen LogP contribution >= 0.6 is 0 Å². The van der Waals surface area contributed by atoms with E-state index in [1.165, 1.54) is 0 Å². The van der Waals surface area contributed by atoms with Crippen molar-refractivity contribution in [2.45, 2.75) is 38.8 Å². The van der Waals surface area contributed by atoms with E-state index in [0.29, 0.717) is 6.54 Å². The quantitative estimate of drug-likeness (QED) is 0.932. The fourth-order valence-electron chi connectivity index (χ4n) is 2.58. The minimum absolute atomic E-state index is 0.0932. The molecular weight excluding hydrogens is 280 g/mol. The molecule has 0 saturated carbocycles. The van der Waals surface area contributed by atoms with Gasteiger partial charge in [-0.2, -0.15) is 0 Å². The van der Waals surface area contributed by atoms with Crippen LogP contribution in [0.15, 0.2) is 24.3 Å². The number of methoxy groups -OCH3 is 1. The molecule has 5 heteroatoms. The van der Waals surface area contributed by atoms with Crippen LogP contribution < -0.4 is 10.1 Å². The van der Waals surface area contributed by atoms with Crippen molar-refractivity contribution in [1.29, 1.82) is 0 Å². The molecule has 0 aromatic heterocycles. The molecule has 0 aliphatic carbocycles. The molecule has 1 aromatic carbocycles. The predicted molar refractivity (Wildman–Crippen MR) is 86.3 cm³/mol. The lowest BCUT2D eigenvalue weighted by Gasteiger charge is -2.37. The third kappa shape index (κ3) is 4.63. The zero-order chi connectivity index (χ0) is 16.2. The van der Waals surface area contributed by atoms with E-state index in [0.717, 1.165) is 30.8 Å². The monoisotopic (exact) mass is 306 g/mol. The SMILES string of the molecule is COc1cccc(CC2CNCCN2C(=O)OC(C)(C)C)c1. The number of amides is 1. The van der Waals surface area contributed by atoms with Gasteiger partial charge in [-0.05, 0) is 44.9 Å². The Hall–Kier alpha value is -1.75. The molecule has 122 valence electrons. The van der Waals surface area contributed by atoms with Crippen LogP contribution in [-0.4, -0.2) is 49.4 Å². The van der Waals surface area contributed by atoms with Crippen LogP contribution in [0, 0.1) is 0 Å². The third-order valence-electron chi connectivity index (χ3n) is 3.58. The first-order valence-electron chi connectivity index (χ1n) is 7.72. The van der Waals surface area contributed by atoms with Gasteiger partial charge in [0.2, 0.25) is 0 Å². The van der Waals surface area contributed by atoms with Crippen LogP contribution in [0.2, 0.25) is 0 Å². The molecule has 1 N–H and O–H groups in total. The van der Waals surface area contributed by atoms with Gasteiger partial charge in [0.15, 0.2) is 0 Å². The standard InChI is InChI=1S/C17H26N2O3/c1-17(2,3)22-16(20)19-9-8-18-12-14(19)10-13-6-5-7-15(11-13)21-4/h5-7,11,14,18H,8-10,12H2,1-4H3. The number of ether oxygens (including phenoxy) is 2. The molecular formula is C17H26N2O3. The van der Waals surface area contributed by atoms with Crippen LogP contribution in [0.25, 0.3) is 0 Å². The maximum atomic E-state index is 12.4. The fourth-order valence-corrected chi connectivity index (χ4v) is 2.58. The molecule has 1 aromatic rings. The summed E-state index contributed by atoms with van der Waals surface area (Å²) in [4.78, 5) is 14.2. The van der Waals surface area contributed by atoms with E-state index in [9.17, 15) is 4.79 Å². The van der Waals surface area contributed by atoms with Gasteiger partial charge in [-0.1, -0.05) is 12.1 Å². The van der Waals surface area contributed by atoms with Crippen molar-refractivity contribution in [3.05, 3.63) is 29.8 Å². The van der Waals surface area contributed by atoms with Crippen molar-refractivity contribution in [3.63, 3.8) is 0 Å². The summed E-state index contributed by atoms with van der Waals surface area (Å²) < 4.78 is 10.8. The van der Waals surface area contributed by atoms with E-state index < -0.39 is 5.60 Å². The molecule has 2 rings (SSSR count). The van der Waals surface area contributed by atoms with Crippen LogP contribution in [-0.2, 0) is 11.2 Å². The highest BCUT2D eigenvalue weighted by Crippen LogP contribution is 2.19. The lowest BCUT2D eigenvalue weighted by Crippen LogP contribution is -2.55. The Morgan fingerprint density at radius 1 is 1.41 bits per heavy atom. The van der Waals surface area contributed by atoms with E-state index in [1.54, 1.807) is 7.11 Å². The Labute approximate surface area is 132 Å². The molecule has 0 spiro atoms. The minimum atomic E-state index is -0.470. The lowest BCUT2D eigenvalue weighted by atomic mass is 10.0. The van der Waals surface area contributed by atoms with Gasteiger partial charge in [-0.3, -0.25) is 0 Å². The minimum Gasteiger partial charge on any atom is -0.497 e. The van der Waals surface area contributed by atoms with Gasteiger partial charge in [-0.15, -0.1) is 0 Å². The molecule has 5 nitrogen and oxygen atoms in total. The fraction of sp³-hybridized carbons (Fsp3) is 0.588. The van der Waals surface area contributed by atoms with Crippen molar-refractivity contribution in [2.24, 2.45) is 0 Å². The van der Waals surface area contributed by atoms with Gasteiger partial charge in [0, 0.05) is 19.6 Å². The van der Waals surface area contributed by atoms with E-state index in [4.69, 9.17) is 9.47 Å². The third-order valence-corrected chi connectivity index (χ3v) is 3.58. The molecule has 1 heterocycles. The zero-order valence-electron chi connectivity index (χ0n) is 13.9. The molecule has 1 aliphatic heterocycles. The van der Waals surface area contributed by atoms with Crippen LogP contribution in [0.1, 0.15) is 26.3 Å². The number of hydrogen-bond acceptors (Lipinski definition) is 4. The van der Waals surface area contributed by atoms with Crippen molar-refractivity contribution in [3.8, 4) is 5.75 Å². The maximum absolute atomic E-state index is 12.4.